The van der Waals surface area contributed by atoms with Crippen molar-refractivity contribution >= 4 is 5.91 Å². The third-order valence-electron chi connectivity index (χ3n) is 3.25. The molecule has 1 aromatic carbocycles. The number of hydrogen-bond donors (Lipinski definition) is 2. The molecule has 1 unspecified atom stereocenters. The van der Waals surface area contributed by atoms with Crippen molar-refractivity contribution in [3.8, 4) is 5.75 Å². The summed E-state index contributed by atoms with van der Waals surface area (Å²) in [7, 11) is 3.94. The molecule has 1 heterocycles. The second kappa shape index (κ2) is 6.85. The second-order valence-corrected chi connectivity index (χ2v) is 5.03. The Kier molecular flexibility index (Phi) is 4.90. The molecule has 1 aromatic heterocycles. The molecule has 0 spiro atoms. The maximum absolute atomic E-state index is 12.1. The van der Waals surface area contributed by atoms with Gasteiger partial charge in [0.1, 0.15) is 5.75 Å². The maximum atomic E-state index is 12.1. The predicted molar refractivity (Wildman–Crippen MR) is 81.1 cm³/mol. The van der Waals surface area contributed by atoms with Gasteiger partial charge in [0.2, 0.25) is 0 Å². The van der Waals surface area contributed by atoms with Gasteiger partial charge in [0.15, 0.2) is 0 Å². The van der Waals surface area contributed by atoms with E-state index in [-0.39, 0.29) is 17.7 Å². The standard InChI is InChI=1S/C16H19N3O2/c1-19(2)15(12-6-4-3-5-7-12)11-18-16(21)13-8-14(20)10-17-9-13/h3-10,15,20H,11H2,1-2H3,(H,18,21). The van der Waals surface area contributed by atoms with Gasteiger partial charge in [-0.1, -0.05) is 30.3 Å². The molecular formula is C16H19N3O2. The summed E-state index contributed by atoms with van der Waals surface area (Å²) in [6.45, 7) is 0.478. The monoisotopic (exact) mass is 285 g/mol. The Hall–Kier alpha value is -2.40. The van der Waals surface area contributed by atoms with Crippen LogP contribution in [0.4, 0.5) is 0 Å². The summed E-state index contributed by atoms with van der Waals surface area (Å²) >= 11 is 0. The molecule has 5 nitrogen and oxygen atoms in total. The molecule has 0 saturated carbocycles. The number of amides is 1. The Labute approximate surface area is 124 Å². The average Bonchev–Trinajstić information content (AvgIpc) is 2.48. The Morgan fingerprint density at radius 1 is 1.29 bits per heavy atom. The van der Waals surface area contributed by atoms with E-state index in [2.05, 4.69) is 15.2 Å². The van der Waals surface area contributed by atoms with E-state index in [4.69, 9.17) is 0 Å². The zero-order valence-corrected chi connectivity index (χ0v) is 12.2. The van der Waals surface area contributed by atoms with Crippen molar-refractivity contribution in [3.05, 3.63) is 59.9 Å². The van der Waals surface area contributed by atoms with Gasteiger partial charge in [0.05, 0.1) is 17.8 Å². The van der Waals surface area contributed by atoms with Crippen LogP contribution >= 0.6 is 0 Å². The smallest absolute Gasteiger partial charge is 0.253 e. The van der Waals surface area contributed by atoms with Gasteiger partial charge >= 0.3 is 0 Å². The molecule has 0 aliphatic rings. The Morgan fingerprint density at radius 3 is 2.62 bits per heavy atom. The Balaban J connectivity index is 2.04. The molecule has 5 heteroatoms. The van der Waals surface area contributed by atoms with Crippen molar-refractivity contribution in [2.75, 3.05) is 20.6 Å². The van der Waals surface area contributed by atoms with Gasteiger partial charge in [-0.2, -0.15) is 0 Å². The molecule has 0 bridgehead atoms. The highest BCUT2D eigenvalue weighted by atomic mass is 16.3. The Bertz CT molecular complexity index is 599. The number of carbonyl (C=O) groups is 1. The molecule has 1 atom stereocenters. The molecule has 0 aliphatic carbocycles. The van der Waals surface area contributed by atoms with Crippen LogP contribution in [0.1, 0.15) is 22.0 Å². The minimum Gasteiger partial charge on any atom is -0.506 e. The minimum atomic E-state index is -0.249. The average molecular weight is 285 g/mol. The third-order valence-corrected chi connectivity index (χ3v) is 3.25. The van der Waals surface area contributed by atoms with E-state index in [0.717, 1.165) is 5.56 Å². The largest absolute Gasteiger partial charge is 0.506 e. The first kappa shape index (κ1) is 15.0. The molecule has 0 radical (unpaired) electrons. The lowest BCUT2D eigenvalue weighted by Crippen LogP contribution is -2.34. The van der Waals surface area contributed by atoms with Gasteiger partial charge < -0.3 is 15.3 Å². The number of aromatic nitrogens is 1. The second-order valence-electron chi connectivity index (χ2n) is 5.03. The minimum absolute atomic E-state index is 0.0186. The van der Waals surface area contributed by atoms with Gasteiger partial charge in [-0.3, -0.25) is 9.78 Å². The van der Waals surface area contributed by atoms with Crippen molar-refractivity contribution in [1.29, 1.82) is 0 Å². The summed E-state index contributed by atoms with van der Waals surface area (Å²) in [4.78, 5) is 17.9. The van der Waals surface area contributed by atoms with Crippen LogP contribution in [-0.4, -0.2) is 41.5 Å². The number of nitrogens with zero attached hydrogens (tertiary/aromatic N) is 2. The van der Waals surface area contributed by atoms with Crippen molar-refractivity contribution < 1.29 is 9.90 Å². The van der Waals surface area contributed by atoms with E-state index in [9.17, 15) is 9.90 Å². The first-order valence-corrected chi connectivity index (χ1v) is 6.71. The molecule has 0 aliphatic heterocycles. The van der Waals surface area contributed by atoms with Crippen LogP contribution in [0.5, 0.6) is 5.75 Å². The lowest BCUT2D eigenvalue weighted by atomic mass is 10.1. The predicted octanol–water partition coefficient (Wildman–Crippen LogP) is 1.82. The number of rotatable bonds is 5. The van der Waals surface area contributed by atoms with Gasteiger partial charge in [-0.15, -0.1) is 0 Å². The highest BCUT2D eigenvalue weighted by molar-refractivity contribution is 5.94. The number of aromatic hydroxyl groups is 1. The zero-order chi connectivity index (χ0) is 15.2. The maximum Gasteiger partial charge on any atom is 0.253 e. The molecule has 2 N–H and O–H groups in total. The number of likely N-dealkylation sites (N-methyl/N-ethyl adjacent to an activating group) is 1. The molecule has 110 valence electrons. The summed E-state index contributed by atoms with van der Waals surface area (Å²) in [5, 5.41) is 12.2. The van der Waals surface area contributed by atoms with Crippen LogP contribution in [0.2, 0.25) is 0 Å². The fraction of sp³-hybridized carbons (Fsp3) is 0.250. The van der Waals surface area contributed by atoms with Crippen LogP contribution in [0.25, 0.3) is 0 Å². The molecule has 21 heavy (non-hydrogen) atoms. The summed E-state index contributed by atoms with van der Waals surface area (Å²) < 4.78 is 0. The van der Waals surface area contributed by atoms with Gasteiger partial charge in [-0.05, 0) is 25.7 Å². The summed E-state index contributed by atoms with van der Waals surface area (Å²) in [5.41, 5.74) is 1.48. The Morgan fingerprint density at radius 2 is 2.00 bits per heavy atom. The molecule has 1 amide bonds. The first-order valence-electron chi connectivity index (χ1n) is 6.71. The van der Waals surface area contributed by atoms with E-state index in [1.807, 2.05) is 44.4 Å². The fourth-order valence-corrected chi connectivity index (χ4v) is 2.12. The van der Waals surface area contributed by atoms with Crippen molar-refractivity contribution in [3.63, 3.8) is 0 Å². The molecule has 2 aromatic rings. The fourth-order valence-electron chi connectivity index (χ4n) is 2.12. The van der Waals surface area contributed by atoms with Crippen LogP contribution in [0, 0.1) is 0 Å². The number of carbonyl (C=O) groups excluding carboxylic acids is 1. The highest BCUT2D eigenvalue weighted by Gasteiger charge is 2.15. The number of hydrogen-bond acceptors (Lipinski definition) is 4. The van der Waals surface area contributed by atoms with E-state index in [1.165, 1.54) is 18.5 Å². The summed E-state index contributed by atoms with van der Waals surface area (Å²) in [5.74, 6) is -0.268. The summed E-state index contributed by atoms with van der Waals surface area (Å²) in [6, 6.07) is 11.5. The molecule has 0 saturated heterocycles. The number of nitrogens with one attached hydrogen (secondary N) is 1. The third kappa shape index (κ3) is 4.03. The quantitative estimate of drug-likeness (QED) is 0.879. The van der Waals surface area contributed by atoms with Crippen LogP contribution in [0.15, 0.2) is 48.8 Å². The normalized spacial score (nSPS) is 12.1. The number of pyridine rings is 1. The van der Waals surface area contributed by atoms with E-state index >= 15 is 0 Å². The lowest BCUT2D eigenvalue weighted by Gasteiger charge is -2.25. The molecule has 0 fully saturated rings. The van der Waals surface area contributed by atoms with Crippen molar-refractivity contribution in [1.82, 2.24) is 15.2 Å². The SMILES string of the molecule is CN(C)C(CNC(=O)c1cncc(O)c1)c1ccccc1. The molecular weight excluding hydrogens is 266 g/mol. The zero-order valence-electron chi connectivity index (χ0n) is 12.2. The van der Waals surface area contributed by atoms with Gasteiger partial charge in [0.25, 0.3) is 5.91 Å². The lowest BCUT2D eigenvalue weighted by molar-refractivity contribution is 0.0941. The molecule has 2 rings (SSSR count). The topological polar surface area (TPSA) is 65.5 Å². The van der Waals surface area contributed by atoms with Crippen molar-refractivity contribution in [2.45, 2.75) is 6.04 Å². The van der Waals surface area contributed by atoms with Crippen molar-refractivity contribution in [2.24, 2.45) is 0 Å². The number of benzene rings is 1. The van der Waals surface area contributed by atoms with E-state index < -0.39 is 0 Å². The van der Waals surface area contributed by atoms with Gasteiger partial charge in [-0.25, -0.2) is 0 Å². The van der Waals surface area contributed by atoms with Gasteiger partial charge in [0, 0.05) is 12.7 Å². The van der Waals surface area contributed by atoms with Crippen LogP contribution in [0.3, 0.4) is 0 Å². The first-order chi connectivity index (χ1) is 10.1. The van der Waals surface area contributed by atoms with E-state index in [0.29, 0.717) is 12.1 Å². The summed E-state index contributed by atoms with van der Waals surface area (Å²) in [6.07, 6.45) is 2.73. The van der Waals surface area contributed by atoms with E-state index in [1.54, 1.807) is 0 Å². The highest BCUT2D eigenvalue weighted by Crippen LogP contribution is 2.17. The van der Waals surface area contributed by atoms with Crippen LogP contribution in [-0.2, 0) is 0 Å². The van der Waals surface area contributed by atoms with Crippen LogP contribution < -0.4 is 5.32 Å².